The van der Waals surface area contributed by atoms with E-state index in [9.17, 15) is 4.79 Å². The maximum Gasteiger partial charge on any atom is 0.258 e. The minimum absolute atomic E-state index is 0.0568. The van der Waals surface area contributed by atoms with E-state index in [4.69, 9.17) is 4.74 Å². The number of ether oxygens (including phenoxy) is 1. The summed E-state index contributed by atoms with van der Waals surface area (Å²) in [5.41, 5.74) is 4.76. The van der Waals surface area contributed by atoms with Crippen LogP contribution in [0.5, 0.6) is 5.75 Å². The molecule has 1 N–H and O–H groups in total. The van der Waals surface area contributed by atoms with Crippen LogP contribution in [0.25, 0.3) is 22.4 Å². The second kappa shape index (κ2) is 9.12. The fraction of sp³-hybridized carbons (Fsp3) is 0.0870. The Kier molecular flexibility index (Phi) is 5.92. The van der Waals surface area contributed by atoms with E-state index in [-0.39, 0.29) is 12.5 Å². The summed E-state index contributed by atoms with van der Waals surface area (Å²) in [5, 5.41) is 6.85. The number of benzene rings is 2. The standard InChI is InChI=1S/C23H19N3O2S/c27-22(26-14-21-23(25-12-11-24-21)19-10-13-29-16-19)15-28-20-8-6-18(7-9-20)17-4-2-1-3-5-17/h1-13,16H,14-15H2,(H,26,27). The van der Waals surface area contributed by atoms with Crippen molar-refractivity contribution >= 4 is 17.2 Å². The number of carbonyl (C=O) groups is 1. The second-order valence-electron chi connectivity index (χ2n) is 6.32. The molecule has 0 radical (unpaired) electrons. The van der Waals surface area contributed by atoms with Gasteiger partial charge in [-0.05, 0) is 34.7 Å². The minimum atomic E-state index is -0.209. The van der Waals surface area contributed by atoms with E-state index in [0.717, 1.165) is 28.1 Å². The molecule has 6 heteroatoms. The number of hydrogen-bond acceptors (Lipinski definition) is 5. The predicted molar refractivity (Wildman–Crippen MR) is 115 cm³/mol. The number of nitrogens with zero attached hydrogens (tertiary/aromatic N) is 2. The Morgan fingerprint density at radius 3 is 2.41 bits per heavy atom. The maximum atomic E-state index is 12.2. The molecule has 0 bridgehead atoms. The van der Waals surface area contributed by atoms with Crippen molar-refractivity contribution < 1.29 is 9.53 Å². The van der Waals surface area contributed by atoms with Crippen LogP contribution in [-0.2, 0) is 11.3 Å². The van der Waals surface area contributed by atoms with Crippen LogP contribution in [0.15, 0.2) is 83.8 Å². The Hall–Kier alpha value is -3.51. The zero-order valence-corrected chi connectivity index (χ0v) is 16.4. The maximum absolute atomic E-state index is 12.2. The molecule has 0 atom stereocenters. The Morgan fingerprint density at radius 2 is 1.66 bits per heavy atom. The SMILES string of the molecule is O=C(COc1ccc(-c2ccccc2)cc1)NCc1nccnc1-c1ccsc1. The van der Waals surface area contributed by atoms with Gasteiger partial charge in [0.25, 0.3) is 5.91 Å². The smallest absolute Gasteiger partial charge is 0.258 e. The molecule has 0 aliphatic carbocycles. The van der Waals surface area contributed by atoms with Crippen LogP contribution < -0.4 is 10.1 Å². The van der Waals surface area contributed by atoms with Gasteiger partial charge in [-0.3, -0.25) is 14.8 Å². The third kappa shape index (κ3) is 4.86. The van der Waals surface area contributed by atoms with E-state index in [0.29, 0.717) is 12.3 Å². The van der Waals surface area contributed by atoms with Crippen molar-refractivity contribution in [1.82, 2.24) is 15.3 Å². The summed E-state index contributed by atoms with van der Waals surface area (Å²) in [6.45, 7) is 0.243. The second-order valence-corrected chi connectivity index (χ2v) is 7.10. The molecule has 0 saturated heterocycles. The monoisotopic (exact) mass is 401 g/mol. The highest BCUT2D eigenvalue weighted by Gasteiger charge is 2.10. The lowest BCUT2D eigenvalue weighted by Gasteiger charge is -2.10. The first-order valence-electron chi connectivity index (χ1n) is 9.17. The van der Waals surface area contributed by atoms with E-state index in [1.807, 2.05) is 59.3 Å². The summed E-state index contributed by atoms with van der Waals surface area (Å²) in [6.07, 6.45) is 3.28. The fourth-order valence-corrected chi connectivity index (χ4v) is 3.53. The van der Waals surface area contributed by atoms with Gasteiger partial charge in [-0.25, -0.2) is 0 Å². The van der Waals surface area contributed by atoms with Crippen molar-refractivity contribution in [2.45, 2.75) is 6.54 Å². The molecule has 0 aliphatic heterocycles. The van der Waals surface area contributed by atoms with Crippen LogP contribution in [0.1, 0.15) is 5.69 Å². The number of thiophene rings is 1. The lowest BCUT2D eigenvalue weighted by Crippen LogP contribution is -2.29. The van der Waals surface area contributed by atoms with Gasteiger partial charge in [0.2, 0.25) is 0 Å². The lowest BCUT2D eigenvalue weighted by atomic mass is 10.1. The Morgan fingerprint density at radius 1 is 0.897 bits per heavy atom. The zero-order valence-electron chi connectivity index (χ0n) is 15.6. The van der Waals surface area contributed by atoms with Gasteiger partial charge < -0.3 is 10.1 Å². The summed E-state index contributed by atoms with van der Waals surface area (Å²) in [4.78, 5) is 20.9. The Labute approximate surface area is 173 Å². The van der Waals surface area contributed by atoms with Crippen molar-refractivity contribution in [2.24, 2.45) is 0 Å². The third-order valence-electron chi connectivity index (χ3n) is 4.35. The van der Waals surface area contributed by atoms with E-state index in [1.165, 1.54) is 0 Å². The van der Waals surface area contributed by atoms with Crippen molar-refractivity contribution in [1.29, 1.82) is 0 Å². The largest absolute Gasteiger partial charge is 0.484 e. The minimum Gasteiger partial charge on any atom is -0.484 e. The molecular weight excluding hydrogens is 382 g/mol. The van der Waals surface area contributed by atoms with E-state index < -0.39 is 0 Å². The van der Waals surface area contributed by atoms with E-state index >= 15 is 0 Å². The molecule has 4 rings (SSSR count). The molecule has 29 heavy (non-hydrogen) atoms. The number of rotatable bonds is 7. The number of aromatic nitrogens is 2. The summed E-state index contributed by atoms with van der Waals surface area (Å²) in [6, 6.07) is 19.8. The van der Waals surface area contributed by atoms with Crippen molar-refractivity contribution in [3.05, 3.63) is 89.5 Å². The zero-order chi connectivity index (χ0) is 19.9. The van der Waals surface area contributed by atoms with Gasteiger partial charge in [-0.1, -0.05) is 42.5 Å². The van der Waals surface area contributed by atoms with Gasteiger partial charge in [0, 0.05) is 23.3 Å². The van der Waals surface area contributed by atoms with Gasteiger partial charge in [0.1, 0.15) is 5.75 Å². The molecule has 0 fully saturated rings. The molecule has 0 spiro atoms. The van der Waals surface area contributed by atoms with Crippen LogP contribution in [0.4, 0.5) is 0 Å². The molecule has 2 aromatic carbocycles. The Balaban J connectivity index is 1.31. The number of hydrogen-bond donors (Lipinski definition) is 1. The van der Waals surface area contributed by atoms with Gasteiger partial charge in [-0.15, -0.1) is 0 Å². The van der Waals surface area contributed by atoms with E-state index in [2.05, 4.69) is 27.4 Å². The quantitative estimate of drug-likeness (QED) is 0.493. The van der Waals surface area contributed by atoms with Gasteiger partial charge >= 0.3 is 0 Å². The highest BCUT2D eigenvalue weighted by molar-refractivity contribution is 7.08. The fourth-order valence-electron chi connectivity index (χ4n) is 2.89. The topological polar surface area (TPSA) is 64.1 Å². The first-order valence-corrected chi connectivity index (χ1v) is 10.1. The summed E-state index contributed by atoms with van der Waals surface area (Å²) < 4.78 is 5.60. The van der Waals surface area contributed by atoms with Gasteiger partial charge in [0.15, 0.2) is 6.61 Å². The van der Waals surface area contributed by atoms with Crippen molar-refractivity contribution in [3.8, 4) is 28.1 Å². The molecular formula is C23H19N3O2S. The normalized spacial score (nSPS) is 10.5. The van der Waals surface area contributed by atoms with Crippen LogP contribution in [0.2, 0.25) is 0 Å². The molecule has 2 aromatic heterocycles. The molecule has 2 heterocycles. The van der Waals surface area contributed by atoms with Crippen molar-refractivity contribution in [2.75, 3.05) is 6.61 Å². The number of carbonyl (C=O) groups excluding carboxylic acids is 1. The molecule has 0 unspecified atom stereocenters. The molecule has 0 aliphatic rings. The number of amides is 1. The van der Waals surface area contributed by atoms with Crippen molar-refractivity contribution in [3.63, 3.8) is 0 Å². The molecule has 0 saturated carbocycles. The summed E-state index contributed by atoms with van der Waals surface area (Å²) >= 11 is 1.60. The first kappa shape index (κ1) is 18.8. The molecule has 4 aromatic rings. The van der Waals surface area contributed by atoms with E-state index in [1.54, 1.807) is 23.7 Å². The summed E-state index contributed by atoms with van der Waals surface area (Å²) in [7, 11) is 0. The summed E-state index contributed by atoms with van der Waals surface area (Å²) in [5.74, 6) is 0.442. The third-order valence-corrected chi connectivity index (χ3v) is 5.04. The molecule has 1 amide bonds. The Bertz CT molecular complexity index is 1070. The first-order chi connectivity index (χ1) is 14.3. The highest BCUT2D eigenvalue weighted by Crippen LogP contribution is 2.23. The molecule has 5 nitrogen and oxygen atoms in total. The number of nitrogens with one attached hydrogen (secondary N) is 1. The van der Waals surface area contributed by atoms with Crippen LogP contribution in [-0.4, -0.2) is 22.5 Å². The lowest BCUT2D eigenvalue weighted by molar-refractivity contribution is -0.123. The molecule has 144 valence electrons. The van der Waals surface area contributed by atoms with Crippen LogP contribution in [0.3, 0.4) is 0 Å². The predicted octanol–water partition coefficient (Wildman–Crippen LogP) is 4.57. The average molecular weight is 401 g/mol. The van der Waals surface area contributed by atoms with Gasteiger partial charge in [-0.2, -0.15) is 11.3 Å². The van der Waals surface area contributed by atoms with Crippen LogP contribution in [0, 0.1) is 0 Å². The highest BCUT2D eigenvalue weighted by atomic mass is 32.1. The van der Waals surface area contributed by atoms with Gasteiger partial charge in [0.05, 0.1) is 17.9 Å². The average Bonchev–Trinajstić information content (AvgIpc) is 3.32. The van der Waals surface area contributed by atoms with Crippen LogP contribution >= 0.6 is 11.3 Å².